The van der Waals surface area contributed by atoms with Gasteiger partial charge in [0.05, 0.1) is 0 Å². The Balaban J connectivity index is 2.62. The summed E-state index contributed by atoms with van der Waals surface area (Å²) >= 11 is 0. The lowest BCUT2D eigenvalue weighted by Crippen LogP contribution is -1.93. The van der Waals surface area contributed by atoms with Crippen LogP contribution in [0.3, 0.4) is 0 Å². The van der Waals surface area contributed by atoms with Crippen LogP contribution in [-0.2, 0) is 6.04 Å². The summed E-state index contributed by atoms with van der Waals surface area (Å²) in [5.41, 5.74) is 1.08. The first kappa shape index (κ1) is 8.33. The third kappa shape index (κ3) is 2.39. The predicted octanol–water partition coefficient (Wildman–Crippen LogP) is 2.03. The lowest BCUT2D eigenvalue weighted by Gasteiger charge is -2.00. The van der Waals surface area contributed by atoms with Crippen LogP contribution in [0, 0.1) is 0 Å². The van der Waals surface area contributed by atoms with Crippen LogP contribution in [0.1, 0.15) is 12.5 Å². The van der Waals surface area contributed by atoms with Gasteiger partial charge < -0.3 is 5.11 Å². The summed E-state index contributed by atoms with van der Waals surface area (Å²) < 4.78 is 0. The number of benzene rings is 1. The van der Waals surface area contributed by atoms with Crippen molar-refractivity contribution >= 4 is 9.52 Å². The van der Waals surface area contributed by atoms with Crippen LogP contribution in [0.25, 0.3) is 0 Å². The molecule has 0 bridgehead atoms. The van der Waals surface area contributed by atoms with E-state index in [0.29, 0.717) is 5.75 Å². The first-order chi connectivity index (χ1) is 5.34. The van der Waals surface area contributed by atoms with Crippen LogP contribution in [0.15, 0.2) is 24.3 Å². The van der Waals surface area contributed by atoms with E-state index in [-0.39, 0.29) is 0 Å². The van der Waals surface area contributed by atoms with E-state index >= 15 is 0 Å². The monoisotopic (exact) mass is 164 g/mol. The molecule has 1 aromatic rings. The smallest absolute Gasteiger partial charge is 0.118 e. The van der Waals surface area contributed by atoms with Gasteiger partial charge in [-0.2, -0.15) is 0 Å². The van der Waals surface area contributed by atoms with Gasteiger partial charge in [0.25, 0.3) is 0 Å². The molecule has 0 aromatic heterocycles. The molecule has 2 radical (unpaired) electrons. The lowest BCUT2D eigenvalue weighted by atomic mass is 10.2. The molecule has 1 N–H and O–H groups in total. The van der Waals surface area contributed by atoms with Gasteiger partial charge in [-0.25, -0.2) is 0 Å². The Hall–Kier alpha value is -0.763. The summed E-state index contributed by atoms with van der Waals surface area (Å²) in [6.07, 6.45) is 0. The van der Waals surface area contributed by atoms with Crippen molar-refractivity contribution in [1.82, 2.24) is 0 Å². The fourth-order valence-corrected chi connectivity index (χ4v) is 1.74. The molecule has 0 saturated heterocycles. The highest BCUT2D eigenvalue weighted by atomic mass is 28.2. The largest absolute Gasteiger partial charge is 0.508 e. The van der Waals surface area contributed by atoms with E-state index in [1.807, 2.05) is 18.2 Å². The average molecular weight is 164 g/mol. The maximum Gasteiger partial charge on any atom is 0.118 e. The summed E-state index contributed by atoms with van der Waals surface area (Å²) in [4.78, 5) is 0. The van der Waals surface area contributed by atoms with Gasteiger partial charge in [0.15, 0.2) is 0 Å². The molecule has 0 aliphatic rings. The Morgan fingerprint density at radius 3 is 2.73 bits per heavy atom. The van der Waals surface area contributed by atoms with E-state index < -0.39 is 0 Å². The van der Waals surface area contributed by atoms with Crippen molar-refractivity contribution < 1.29 is 5.11 Å². The first-order valence-corrected chi connectivity index (χ1v) is 5.23. The zero-order chi connectivity index (χ0) is 8.10. The van der Waals surface area contributed by atoms with Crippen LogP contribution < -0.4 is 0 Å². The van der Waals surface area contributed by atoms with Gasteiger partial charge in [-0.15, -0.1) is 0 Å². The Morgan fingerprint density at radius 2 is 2.09 bits per heavy atom. The first-order valence-electron chi connectivity index (χ1n) is 3.82. The molecule has 0 spiro atoms. The Labute approximate surface area is 69.9 Å². The fourth-order valence-electron chi connectivity index (χ4n) is 0.920. The van der Waals surface area contributed by atoms with Crippen molar-refractivity contribution in [3.8, 4) is 5.75 Å². The zero-order valence-corrected chi connectivity index (χ0v) is 7.67. The van der Waals surface area contributed by atoms with Crippen LogP contribution in [0.4, 0.5) is 0 Å². The molecule has 0 aliphatic heterocycles. The van der Waals surface area contributed by atoms with Gasteiger partial charge in [-0.05, 0) is 17.7 Å². The summed E-state index contributed by atoms with van der Waals surface area (Å²) in [7, 11) is 0.929. The van der Waals surface area contributed by atoms with E-state index in [4.69, 9.17) is 0 Å². The molecule has 0 aliphatic carbocycles. The third-order valence-electron chi connectivity index (χ3n) is 1.56. The van der Waals surface area contributed by atoms with Gasteiger partial charge in [0, 0.05) is 9.52 Å². The molecule has 2 heteroatoms. The van der Waals surface area contributed by atoms with Crippen LogP contribution in [-0.4, -0.2) is 14.6 Å². The highest BCUT2D eigenvalue weighted by Crippen LogP contribution is 2.15. The molecule has 58 valence electrons. The molecule has 0 atom stereocenters. The topological polar surface area (TPSA) is 20.2 Å². The maximum absolute atomic E-state index is 9.34. The molecule has 1 aromatic carbocycles. The number of phenols is 1. The number of para-hydroxylation sites is 1. The molecule has 0 amide bonds. The average Bonchev–Trinajstić information content (AvgIpc) is 2.03. The van der Waals surface area contributed by atoms with E-state index in [2.05, 4.69) is 6.92 Å². The second kappa shape index (κ2) is 4.19. The molecule has 11 heavy (non-hydrogen) atoms. The number of aromatic hydroxyl groups is 1. The summed E-state index contributed by atoms with van der Waals surface area (Å²) in [5.74, 6) is 0.438. The van der Waals surface area contributed by atoms with Crippen LogP contribution in [0.2, 0.25) is 6.04 Å². The summed E-state index contributed by atoms with van der Waals surface area (Å²) in [6.45, 7) is 2.17. The highest BCUT2D eigenvalue weighted by molar-refractivity contribution is 6.34. The van der Waals surface area contributed by atoms with Gasteiger partial charge in [-0.1, -0.05) is 31.2 Å². The predicted molar refractivity (Wildman–Crippen MR) is 48.0 cm³/mol. The SMILES string of the molecule is CC[Si]Cc1ccccc1O. The van der Waals surface area contributed by atoms with Crippen molar-refractivity contribution in [2.75, 3.05) is 0 Å². The molecule has 1 rings (SSSR count). The normalized spacial score (nSPS) is 9.91. The minimum Gasteiger partial charge on any atom is -0.508 e. The number of hydrogen-bond donors (Lipinski definition) is 1. The van der Waals surface area contributed by atoms with Gasteiger partial charge in [-0.3, -0.25) is 0 Å². The van der Waals surface area contributed by atoms with Crippen molar-refractivity contribution in [3.05, 3.63) is 29.8 Å². The quantitative estimate of drug-likeness (QED) is 0.678. The second-order valence-electron chi connectivity index (χ2n) is 2.41. The van der Waals surface area contributed by atoms with Crippen molar-refractivity contribution in [3.63, 3.8) is 0 Å². The van der Waals surface area contributed by atoms with E-state index in [1.165, 1.54) is 6.04 Å². The lowest BCUT2D eigenvalue weighted by molar-refractivity contribution is 0.470. The van der Waals surface area contributed by atoms with E-state index in [1.54, 1.807) is 6.07 Å². The molecule has 0 heterocycles. The van der Waals surface area contributed by atoms with Crippen molar-refractivity contribution in [2.24, 2.45) is 0 Å². The Bertz CT molecular complexity index is 223. The van der Waals surface area contributed by atoms with E-state index in [0.717, 1.165) is 21.1 Å². The Kier molecular flexibility index (Phi) is 3.17. The summed E-state index contributed by atoms with van der Waals surface area (Å²) in [5, 5.41) is 9.34. The zero-order valence-electron chi connectivity index (χ0n) is 6.67. The minimum absolute atomic E-state index is 0.438. The van der Waals surface area contributed by atoms with Gasteiger partial charge >= 0.3 is 0 Å². The van der Waals surface area contributed by atoms with E-state index in [9.17, 15) is 5.11 Å². The molecule has 0 unspecified atom stereocenters. The van der Waals surface area contributed by atoms with Crippen molar-refractivity contribution in [2.45, 2.75) is 19.0 Å². The number of hydrogen-bond acceptors (Lipinski definition) is 1. The standard InChI is InChI=1S/C9H12OSi/c1-2-11-7-8-5-3-4-6-9(8)10/h3-6,10H,2,7H2,1H3. The number of rotatable bonds is 3. The molecular weight excluding hydrogens is 152 g/mol. The van der Waals surface area contributed by atoms with Crippen LogP contribution >= 0.6 is 0 Å². The van der Waals surface area contributed by atoms with Gasteiger partial charge in [0.1, 0.15) is 5.75 Å². The van der Waals surface area contributed by atoms with Crippen molar-refractivity contribution in [1.29, 1.82) is 0 Å². The highest BCUT2D eigenvalue weighted by Gasteiger charge is 1.97. The number of phenolic OH excluding ortho intramolecular Hbond substituents is 1. The Morgan fingerprint density at radius 1 is 1.36 bits per heavy atom. The minimum atomic E-state index is 0.438. The second-order valence-corrected chi connectivity index (χ2v) is 3.97. The molecular formula is C9H12OSi. The third-order valence-corrected chi connectivity index (χ3v) is 2.69. The summed E-state index contributed by atoms with van der Waals surface area (Å²) in [6, 6.07) is 9.77. The fraction of sp³-hybridized carbons (Fsp3) is 0.333. The molecule has 0 saturated carbocycles. The maximum atomic E-state index is 9.34. The molecule has 0 fully saturated rings. The molecule has 1 nitrogen and oxygen atoms in total. The van der Waals surface area contributed by atoms with Gasteiger partial charge in [0.2, 0.25) is 0 Å². The van der Waals surface area contributed by atoms with Crippen LogP contribution in [0.5, 0.6) is 5.75 Å².